The van der Waals surface area contributed by atoms with Crippen LogP contribution in [0.4, 0.5) is 0 Å². The van der Waals surface area contributed by atoms with E-state index < -0.39 is 0 Å². The Morgan fingerprint density at radius 2 is 2.07 bits per heavy atom. The van der Waals surface area contributed by atoms with Crippen molar-refractivity contribution in [2.45, 2.75) is 20.4 Å². The van der Waals surface area contributed by atoms with Crippen LogP contribution in [0.15, 0.2) is 28.7 Å². The molecule has 0 saturated carbocycles. The van der Waals surface area contributed by atoms with Gasteiger partial charge in [0.2, 0.25) is 0 Å². The van der Waals surface area contributed by atoms with Gasteiger partial charge in [-0.05, 0) is 30.2 Å². The van der Waals surface area contributed by atoms with Gasteiger partial charge >= 0.3 is 0 Å². The van der Waals surface area contributed by atoms with Gasteiger partial charge in [-0.2, -0.15) is 0 Å². The molecule has 0 aliphatic heterocycles. The lowest BCUT2D eigenvalue weighted by Crippen LogP contribution is -3.00. The van der Waals surface area contributed by atoms with Gasteiger partial charge in [0.1, 0.15) is 0 Å². The highest BCUT2D eigenvalue weighted by atomic mass is 79.9. The van der Waals surface area contributed by atoms with Gasteiger partial charge in [-0.1, -0.05) is 41.9 Å². The summed E-state index contributed by atoms with van der Waals surface area (Å²) in [5, 5.41) is 3.41. The van der Waals surface area contributed by atoms with Gasteiger partial charge in [-0.3, -0.25) is 0 Å². The van der Waals surface area contributed by atoms with Crippen molar-refractivity contribution in [2.24, 2.45) is 5.92 Å². The summed E-state index contributed by atoms with van der Waals surface area (Å²) in [5.74, 6) is 0.715. The molecule has 14 heavy (non-hydrogen) atoms. The molecule has 3 heteroatoms. The lowest BCUT2D eigenvalue weighted by molar-refractivity contribution is -0.00000280. The van der Waals surface area contributed by atoms with Gasteiger partial charge in [0.05, 0.1) is 0 Å². The summed E-state index contributed by atoms with van der Waals surface area (Å²) in [6.07, 6.45) is 0. The van der Waals surface area contributed by atoms with Crippen LogP contribution in [-0.4, -0.2) is 6.54 Å². The summed E-state index contributed by atoms with van der Waals surface area (Å²) < 4.78 is 1.15. The number of hydrogen-bond acceptors (Lipinski definition) is 1. The fraction of sp³-hybridized carbons (Fsp3) is 0.455. The maximum atomic E-state index is 3.46. The van der Waals surface area contributed by atoms with Crippen LogP contribution < -0.4 is 17.7 Å². The standard InChI is InChI=1S/C11H16BrN.ClH/c1-9(2)7-13-8-10-4-3-5-11(12)6-10;/h3-6,9,13H,7-8H2,1-2H3;1H/p-1. The minimum Gasteiger partial charge on any atom is -1.00 e. The van der Waals surface area contributed by atoms with E-state index in [0.29, 0.717) is 5.92 Å². The predicted molar refractivity (Wildman–Crippen MR) is 60.7 cm³/mol. The molecule has 0 aromatic heterocycles. The Hall–Kier alpha value is -0.0500. The Morgan fingerprint density at radius 1 is 1.36 bits per heavy atom. The molecule has 0 aliphatic rings. The second kappa shape index (κ2) is 7.27. The number of benzene rings is 1. The van der Waals surface area contributed by atoms with Gasteiger partial charge < -0.3 is 17.7 Å². The van der Waals surface area contributed by atoms with Gasteiger partial charge in [0.25, 0.3) is 0 Å². The zero-order chi connectivity index (χ0) is 9.68. The minimum atomic E-state index is 0. The quantitative estimate of drug-likeness (QED) is 0.829. The highest BCUT2D eigenvalue weighted by Crippen LogP contribution is 2.11. The molecule has 0 heterocycles. The third-order valence-corrected chi connectivity index (χ3v) is 2.26. The average molecular weight is 278 g/mol. The third-order valence-electron chi connectivity index (χ3n) is 1.77. The van der Waals surface area contributed by atoms with E-state index in [1.54, 1.807) is 0 Å². The van der Waals surface area contributed by atoms with Crippen LogP contribution >= 0.6 is 15.9 Å². The van der Waals surface area contributed by atoms with Crippen molar-refractivity contribution >= 4 is 15.9 Å². The molecule has 1 aromatic rings. The van der Waals surface area contributed by atoms with Gasteiger partial charge in [0.15, 0.2) is 0 Å². The monoisotopic (exact) mass is 276 g/mol. The Bertz CT molecular complexity index is 263. The van der Waals surface area contributed by atoms with E-state index in [4.69, 9.17) is 0 Å². The Labute approximate surface area is 101 Å². The summed E-state index contributed by atoms with van der Waals surface area (Å²) in [7, 11) is 0. The molecule has 0 radical (unpaired) electrons. The van der Waals surface area contributed by atoms with Crippen molar-refractivity contribution in [3.05, 3.63) is 34.3 Å². The molecule has 0 saturated heterocycles. The number of hydrogen-bond donors (Lipinski definition) is 1. The van der Waals surface area contributed by atoms with Crippen LogP contribution in [0, 0.1) is 5.92 Å². The first-order chi connectivity index (χ1) is 6.18. The van der Waals surface area contributed by atoms with Crippen molar-refractivity contribution in [2.75, 3.05) is 6.54 Å². The molecule has 0 bridgehead atoms. The van der Waals surface area contributed by atoms with Crippen molar-refractivity contribution in [3.63, 3.8) is 0 Å². The van der Waals surface area contributed by atoms with E-state index in [0.717, 1.165) is 17.6 Å². The van der Waals surface area contributed by atoms with Gasteiger partial charge in [-0.25, -0.2) is 0 Å². The zero-order valence-electron chi connectivity index (χ0n) is 8.56. The van der Waals surface area contributed by atoms with Crippen molar-refractivity contribution in [1.29, 1.82) is 0 Å². The molecule has 0 fully saturated rings. The normalized spacial score (nSPS) is 10.0. The summed E-state index contributed by atoms with van der Waals surface area (Å²) in [5.41, 5.74) is 1.33. The molecule has 1 nitrogen and oxygen atoms in total. The van der Waals surface area contributed by atoms with Crippen LogP contribution in [0.25, 0.3) is 0 Å². The first-order valence-electron chi connectivity index (χ1n) is 4.63. The van der Waals surface area contributed by atoms with E-state index in [2.05, 4.69) is 53.3 Å². The molecule has 1 aromatic carbocycles. The lowest BCUT2D eigenvalue weighted by atomic mass is 10.2. The number of nitrogens with one attached hydrogen (secondary N) is 1. The van der Waals surface area contributed by atoms with Crippen molar-refractivity contribution < 1.29 is 12.4 Å². The largest absolute Gasteiger partial charge is 1.00 e. The molecular formula is C11H16BrClN-. The van der Waals surface area contributed by atoms with E-state index >= 15 is 0 Å². The van der Waals surface area contributed by atoms with Crippen LogP contribution in [-0.2, 0) is 6.54 Å². The summed E-state index contributed by atoms with van der Waals surface area (Å²) >= 11 is 3.46. The number of halogens is 2. The maximum absolute atomic E-state index is 3.46. The smallest absolute Gasteiger partial charge is 0.0206 e. The van der Waals surface area contributed by atoms with Crippen LogP contribution in [0.3, 0.4) is 0 Å². The van der Waals surface area contributed by atoms with Crippen LogP contribution in [0.2, 0.25) is 0 Å². The highest BCUT2D eigenvalue weighted by Gasteiger charge is 1.95. The topological polar surface area (TPSA) is 12.0 Å². The fourth-order valence-electron chi connectivity index (χ4n) is 1.15. The maximum Gasteiger partial charge on any atom is 0.0206 e. The SMILES string of the molecule is CC(C)CNCc1cccc(Br)c1.[Cl-]. The van der Waals surface area contributed by atoms with E-state index in [1.165, 1.54) is 5.56 Å². The average Bonchev–Trinajstić information content (AvgIpc) is 2.03. The third kappa shape index (κ3) is 5.63. The Kier molecular flexibility index (Phi) is 7.24. The van der Waals surface area contributed by atoms with Crippen molar-refractivity contribution in [3.8, 4) is 0 Å². The lowest BCUT2D eigenvalue weighted by Gasteiger charge is -2.07. The fourth-order valence-corrected chi connectivity index (χ4v) is 1.60. The molecule has 0 spiro atoms. The molecule has 1 N–H and O–H groups in total. The first kappa shape index (κ1) is 13.9. The van der Waals surface area contributed by atoms with E-state index in [1.807, 2.05) is 6.07 Å². The Balaban J connectivity index is 0.00000169. The van der Waals surface area contributed by atoms with Gasteiger partial charge in [-0.15, -0.1) is 0 Å². The second-order valence-corrected chi connectivity index (χ2v) is 4.57. The van der Waals surface area contributed by atoms with Crippen molar-refractivity contribution in [1.82, 2.24) is 5.32 Å². The van der Waals surface area contributed by atoms with Gasteiger partial charge in [0, 0.05) is 11.0 Å². The molecule has 0 unspecified atom stereocenters. The second-order valence-electron chi connectivity index (χ2n) is 3.65. The molecule has 80 valence electrons. The summed E-state index contributed by atoms with van der Waals surface area (Å²) in [6, 6.07) is 8.40. The Morgan fingerprint density at radius 3 is 2.64 bits per heavy atom. The van der Waals surface area contributed by atoms with Crippen LogP contribution in [0.1, 0.15) is 19.4 Å². The van der Waals surface area contributed by atoms with E-state index in [9.17, 15) is 0 Å². The molecule has 1 rings (SSSR count). The minimum absolute atomic E-state index is 0. The van der Waals surface area contributed by atoms with E-state index in [-0.39, 0.29) is 12.4 Å². The molecule has 0 atom stereocenters. The van der Waals surface area contributed by atoms with Crippen LogP contribution in [0.5, 0.6) is 0 Å². The number of rotatable bonds is 4. The highest BCUT2D eigenvalue weighted by molar-refractivity contribution is 9.10. The summed E-state index contributed by atoms with van der Waals surface area (Å²) in [4.78, 5) is 0. The predicted octanol–water partition coefficient (Wildman–Crippen LogP) is 0.199. The molecular weight excluding hydrogens is 261 g/mol. The molecule has 0 amide bonds. The first-order valence-corrected chi connectivity index (χ1v) is 5.43. The summed E-state index contributed by atoms with van der Waals surface area (Å²) in [6.45, 7) is 6.46. The zero-order valence-corrected chi connectivity index (χ0v) is 10.9. The molecule has 0 aliphatic carbocycles.